The molecule has 0 aliphatic heterocycles. The number of nitrogens with one attached hydrogen (secondary N) is 1. The highest BCUT2D eigenvalue weighted by molar-refractivity contribution is 5.91. The third-order valence-corrected chi connectivity index (χ3v) is 3.66. The Morgan fingerprint density at radius 3 is 2.91 bits per heavy atom. The van der Waals surface area contributed by atoms with E-state index in [1.807, 2.05) is 31.2 Å². The molecule has 0 radical (unpaired) electrons. The lowest BCUT2D eigenvalue weighted by atomic mass is 10.1. The van der Waals surface area contributed by atoms with E-state index in [-0.39, 0.29) is 12.2 Å². The minimum atomic E-state index is -0.534. The molecule has 0 saturated carbocycles. The third-order valence-electron chi connectivity index (χ3n) is 3.66. The zero-order valence-corrected chi connectivity index (χ0v) is 12.9. The number of rotatable bonds is 4. The first-order valence-electron chi connectivity index (χ1n) is 7.33. The predicted molar refractivity (Wildman–Crippen MR) is 84.3 cm³/mol. The Bertz CT molecular complexity index is 924. The van der Waals surface area contributed by atoms with E-state index >= 15 is 0 Å². The van der Waals surface area contributed by atoms with Crippen LogP contribution in [0.15, 0.2) is 39.6 Å². The highest BCUT2D eigenvalue weighted by atomic mass is 16.5. The molecule has 0 unspecified atom stereocenters. The van der Waals surface area contributed by atoms with Gasteiger partial charge >= 0.3 is 5.97 Å². The molecule has 0 bridgehead atoms. The number of aryl methyl sites for hydroxylation is 2. The van der Waals surface area contributed by atoms with Crippen molar-refractivity contribution in [3.8, 4) is 0 Å². The molecule has 3 rings (SSSR count). The number of esters is 1. The normalized spacial score (nSPS) is 10.9. The molecule has 0 aliphatic carbocycles. The zero-order valence-electron chi connectivity index (χ0n) is 12.9. The molecule has 118 valence electrons. The summed E-state index contributed by atoms with van der Waals surface area (Å²) >= 11 is 0. The van der Waals surface area contributed by atoms with Gasteiger partial charge in [0, 0.05) is 5.52 Å². The summed E-state index contributed by atoms with van der Waals surface area (Å²) in [6, 6.07) is 9.16. The van der Waals surface area contributed by atoms with Crippen LogP contribution >= 0.6 is 0 Å². The lowest BCUT2D eigenvalue weighted by Crippen LogP contribution is -2.16. The minimum absolute atomic E-state index is 0.104. The molecule has 1 aromatic carbocycles. The number of benzene rings is 1. The molecule has 2 aromatic heterocycles. The van der Waals surface area contributed by atoms with E-state index < -0.39 is 5.97 Å². The van der Waals surface area contributed by atoms with Crippen LogP contribution in [0.25, 0.3) is 10.9 Å². The van der Waals surface area contributed by atoms with Crippen molar-refractivity contribution in [1.82, 2.24) is 10.1 Å². The van der Waals surface area contributed by atoms with Crippen LogP contribution in [0.3, 0.4) is 0 Å². The summed E-state index contributed by atoms with van der Waals surface area (Å²) in [5, 5.41) is 4.71. The van der Waals surface area contributed by atoms with Crippen molar-refractivity contribution in [2.24, 2.45) is 0 Å². The molecule has 6 heteroatoms. The van der Waals surface area contributed by atoms with Gasteiger partial charge in [-0.2, -0.15) is 0 Å². The Kier molecular flexibility index (Phi) is 3.97. The van der Waals surface area contributed by atoms with Crippen LogP contribution in [-0.4, -0.2) is 16.1 Å². The van der Waals surface area contributed by atoms with Crippen molar-refractivity contribution >= 4 is 16.9 Å². The van der Waals surface area contributed by atoms with Gasteiger partial charge in [-0.05, 0) is 30.9 Å². The number of nitrogens with zero attached hydrogens (tertiary/aromatic N) is 1. The van der Waals surface area contributed by atoms with Gasteiger partial charge in [0.1, 0.15) is 17.9 Å². The van der Waals surface area contributed by atoms with Gasteiger partial charge in [-0.3, -0.25) is 4.79 Å². The number of carbonyl (C=O) groups excluding carboxylic acids is 1. The fourth-order valence-corrected chi connectivity index (χ4v) is 2.44. The summed E-state index contributed by atoms with van der Waals surface area (Å²) in [5.74, 6) is -0.118. The van der Waals surface area contributed by atoms with Crippen molar-refractivity contribution in [3.63, 3.8) is 0 Å². The predicted octanol–water partition coefficient (Wildman–Crippen LogP) is 2.74. The molecule has 2 heterocycles. The van der Waals surface area contributed by atoms with Gasteiger partial charge in [0.2, 0.25) is 0 Å². The largest absolute Gasteiger partial charge is 0.457 e. The van der Waals surface area contributed by atoms with Gasteiger partial charge in [-0.25, -0.2) is 4.79 Å². The van der Waals surface area contributed by atoms with Crippen LogP contribution in [0.4, 0.5) is 0 Å². The molecule has 0 saturated heterocycles. The summed E-state index contributed by atoms with van der Waals surface area (Å²) in [7, 11) is 0. The first-order valence-corrected chi connectivity index (χ1v) is 7.33. The van der Waals surface area contributed by atoms with E-state index in [2.05, 4.69) is 10.1 Å². The monoisotopic (exact) mass is 312 g/mol. The molecule has 1 N–H and O–H groups in total. The van der Waals surface area contributed by atoms with Crippen LogP contribution in [0, 0.1) is 6.92 Å². The number of hydrogen-bond acceptors (Lipinski definition) is 5. The third kappa shape index (κ3) is 2.88. The SMILES string of the molecule is CCc1noc(C)c1C(=O)OCc1cc2ccccc2[nH]c1=O. The summed E-state index contributed by atoms with van der Waals surface area (Å²) in [5.41, 5.74) is 1.76. The van der Waals surface area contributed by atoms with E-state index in [0.29, 0.717) is 29.0 Å². The van der Waals surface area contributed by atoms with Crippen molar-refractivity contribution in [2.75, 3.05) is 0 Å². The lowest BCUT2D eigenvalue weighted by molar-refractivity contribution is 0.0468. The van der Waals surface area contributed by atoms with Gasteiger partial charge in [0.25, 0.3) is 5.56 Å². The van der Waals surface area contributed by atoms with Gasteiger partial charge in [-0.1, -0.05) is 30.3 Å². The van der Waals surface area contributed by atoms with E-state index in [0.717, 1.165) is 10.9 Å². The smallest absolute Gasteiger partial charge is 0.344 e. The molecule has 0 spiro atoms. The van der Waals surface area contributed by atoms with Crippen LogP contribution in [-0.2, 0) is 17.8 Å². The standard InChI is InChI=1S/C17H16N2O4/c1-3-13-15(10(2)23-19-13)17(21)22-9-12-8-11-6-4-5-7-14(11)18-16(12)20/h4-8H,3,9H2,1-2H3,(H,18,20). The van der Waals surface area contributed by atoms with Crippen LogP contribution in [0.1, 0.15) is 34.3 Å². The number of H-pyrrole nitrogens is 1. The maximum atomic E-state index is 12.2. The lowest BCUT2D eigenvalue weighted by Gasteiger charge is -2.06. The fraction of sp³-hybridized carbons (Fsp3) is 0.235. The minimum Gasteiger partial charge on any atom is -0.457 e. The Morgan fingerprint density at radius 1 is 1.35 bits per heavy atom. The number of fused-ring (bicyclic) bond motifs is 1. The van der Waals surface area contributed by atoms with Gasteiger partial charge < -0.3 is 14.2 Å². The average molecular weight is 312 g/mol. The zero-order chi connectivity index (χ0) is 16.4. The number of ether oxygens (including phenoxy) is 1. The molecule has 23 heavy (non-hydrogen) atoms. The number of pyridine rings is 1. The highest BCUT2D eigenvalue weighted by Crippen LogP contribution is 2.16. The van der Waals surface area contributed by atoms with E-state index in [4.69, 9.17) is 9.26 Å². The second-order valence-corrected chi connectivity index (χ2v) is 5.20. The summed E-state index contributed by atoms with van der Waals surface area (Å²) < 4.78 is 10.3. The average Bonchev–Trinajstić information content (AvgIpc) is 2.93. The number of aromatic amines is 1. The van der Waals surface area contributed by atoms with Crippen LogP contribution in [0.5, 0.6) is 0 Å². The van der Waals surface area contributed by atoms with Gasteiger partial charge in [-0.15, -0.1) is 0 Å². The van der Waals surface area contributed by atoms with Crippen LogP contribution < -0.4 is 5.56 Å². The first-order chi connectivity index (χ1) is 11.1. The molecule has 0 fully saturated rings. The van der Waals surface area contributed by atoms with E-state index in [1.165, 1.54) is 0 Å². The molecule has 3 aromatic rings. The highest BCUT2D eigenvalue weighted by Gasteiger charge is 2.21. The number of hydrogen-bond donors (Lipinski definition) is 1. The summed E-state index contributed by atoms with van der Waals surface area (Å²) in [4.78, 5) is 27.0. The second kappa shape index (κ2) is 6.08. The van der Waals surface area contributed by atoms with E-state index in [1.54, 1.807) is 13.0 Å². The Hall–Kier alpha value is -2.89. The molecular formula is C17H16N2O4. The number of para-hydroxylation sites is 1. The molecule has 0 amide bonds. The summed E-state index contributed by atoms with van der Waals surface area (Å²) in [6.45, 7) is 3.43. The maximum absolute atomic E-state index is 12.2. The fourth-order valence-electron chi connectivity index (χ4n) is 2.44. The van der Waals surface area contributed by atoms with Gasteiger partial charge in [0.05, 0.1) is 11.3 Å². The Morgan fingerprint density at radius 2 is 2.13 bits per heavy atom. The van der Waals surface area contributed by atoms with Crippen LogP contribution in [0.2, 0.25) is 0 Å². The molecular weight excluding hydrogens is 296 g/mol. The van der Waals surface area contributed by atoms with Crippen molar-refractivity contribution in [2.45, 2.75) is 26.9 Å². The topological polar surface area (TPSA) is 85.2 Å². The van der Waals surface area contributed by atoms with Crippen molar-refractivity contribution < 1.29 is 14.1 Å². The number of carbonyl (C=O) groups is 1. The first kappa shape index (κ1) is 15.0. The second-order valence-electron chi connectivity index (χ2n) is 5.20. The van der Waals surface area contributed by atoms with Gasteiger partial charge in [0.15, 0.2) is 0 Å². The molecule has 0 atom stereocenters. The summed E-state index contributed by atoms with van der Waals surface area (Å²) in [6.07, 6.45) is 0.568. The Labute approximate surface area is 132 Å². The van der Waals surface area contributed by atoms with Crippen molar-refractivity contribution in [3.05, 3.63) is 63.3 Å². The van der Waals surface area contributed by atoms with Crippen molar-refractivity contribution in [1.29, 1.82) is 0 Å². The maximum Gasteiger partial charge on any atom is 0.344 e. The van der Waals surface area contributed by atoms with E-state index in [9.17, 15) is 9.59 Å². The molecule has 6 nitrogen and oxygen atoms in total. The molecule has 0 aliphatic rings. The quantitative estimate of drug-likeness (QED) is 0.749. The number of aromatic nitrogens is 2. The Balaban J connectivity index is 1.83.